The van der Waals surface area contributed by atoms with Gasteiger partial charge in [0.15, 0.2) is 0 Å². The second-order valence-corrected chi connectivity index (χ2v) is 20.2. The first-order chi connectivity index (χ1) is 26.7. The Morgan fingerprint density at radius 3 is 2.05 bits per heavy atom. The summed E-state index contributed by atoms with van der Waals surface area (Å²) in [6, 6.07) is 27.8. The molecule has 0 aromatic heterocycles. The lowest BCUT2D eigenvalue weighted by atomic mass is 9.84. The highest BCUT2D eigenvalue weighted by atomic mass is 28.4. The van der Waals surface area contributed by atoms with Crippen LogP contribution in [-0.2, 0) is 20.4 Å². The molecule has 56 heavy (non-hydrogen) atoms. The fourth-order valence-corrected chi connectivity index (χ4v) is 13.0. The molecule has 1 aliphatic carbocycles. The molecule has 0 saturated heterocycles. The van der Waals surface area contributed by atoms with Crippen LogP contribution in [0.4, 0.5) is 17.6 Å². The molecule has 0 saturated carbocycles. The van der Waals surface area contributed by atoms with E-state index >= 15 is 17.6 Å². The molecule has 1 aliphatic heterocycles. The third-order valence-corrected chi connectivity index (χ3v) is 15.9. The number of ether oxygens (including phenoxy) is 2. The molecule has 0 unspecified atom stereocenters. The molecule has 1 N–H and O–H groups in total. The molecule has 0 spiro atoms. The quantitative estimate of drug-likeness (QED) is 0.0655. The summed E-state index contributed by atoms with van der Waals surface area (Å²) >= 11 is 0. The monoisotopic (exact) mass is 789 g/mol. The third-order valence-electron chi connectivity index (χ3n) is 10.9. The van der Waals surface area contributed by atoms with Gasteiger partial charge in [-0.1, -0.05) is 106 Å². The van der Waals surface area contributed by atoms with Crippen molar-refractivity contribution in [1.29, 1.82) is 0 Å². The van der Waals surface area contributed by atoms with E-state index in [0.717, 1.165) is 44.8 Å². The highest BCUT2D eigenvalue weighted by molar-refractivity contribution is 6.99. The molecule has 4 aromatic rings. The molecular formula is C45H51F4NO5Si. The van der Waals surface area contributed by atoms with Crippen molar-refractivity contribution in [3.05, 3.63) is 131 Å². The predicted octanol–water partition coefficient (Wildman–Crippen LogP) is 8.97. The van der Waals surface area contributed by atoms with Crippen molar-refractivity contribution in [3.63, 3.8) is 0 Å². The van der Waals surface area contributed by atoms with Crippen LogP contribution >= 0.6 is 0 Å². The van der Waals surface area contributed by atoms with E-state index < -0.39 is 62.1 Å². The Kier molecular flexibility index (Phi) is 12.9. The fraction of sp³-hybridized carbons (Fsp3) is 0.400. The Bertz CT molecular complexity index is 1940. The topological polar surface area (TPSA) is 68.2 Å². The van der Waals surface area contributed by atoms with Crippen molar-refractivity contribution in [2.45, 2.75) is 82.8 Å². The summed E-state index contributed by atoms with van der Waals surface area (Å²) in [5.41, 5.74) is 3.41. The summed E-state index contributed by atoms with van der Waals surface area (Å²) in [5.74, 6) is -6.14. The summed E-state index contributed by atoms with van der Waals surface area (Å²) in [4.78, 5) is 12.2. The zero-order chi connectivity index (χ0) is 40.1. The Morgan fingerprint density at radius 1 is 0.857 bits per heavy atom. The fourth-order valence-electron chi connectivity index (χ4n) is 8.44. The summed E-state index contributed by atoms with van der Waals surface area (Å²) in [6.45, 7) is 6.41. The van der Waals surface area contributed by atoms with Gasteiger partial charge in [-0.2, -0.15) is 0 Å². The second kappa shape index (κ2) is 17.5. The maximum atomic E-state index is 16.8. The number of rotatable bonds is 17. The van der Waals surface area contributed by atoms with Crippen LogP contribution in [0.2, 0.25) is 5.04 Å². The molecule has 6 nitrogen and oxygen atoms in total. The van der Waals surface area contributed by atoms with Gasteiger partial charge in [0.25, 0.3) is 14.2 Å². The number of carboxylic acids is 1. The van der Waals surface area contributed by atoms with Crippen molar-refractivity contribution in [2.24, 2.45) is 0 Å². The van der Waals surface area contributed by atoms with Crippen LogP contribution in [0.25, 0.3) is 5.57 Å². The van der Waals surface area contributed by atoms with Gasteiger partial charge in [0.1, 0.15) is 24.0 Å². The number of aliphatic carboxylic acids is 1. The zero-order valence-electron chi connectivity index (χ0n) is 32.5. The van der Waals surface area contributed by atoms with Gasteiger partial charge in [-0.05, 0) is 76.7 Å². The lowest BCUT2D eigenvalue weighted by Gasteiger charge is -2.46. The Labute approximate surface area is 328 Å². The van der Waals surface area contributed by atoms with Crippen molar-refractivity contribution in [2.75, 3.05) is 33.0 Å². The van der Waals surface area contributed by atoms with Crippen LogP contribution in [0.1, 0.15) is 76.1 Å². The molecular weight excluding hydrogens is 739 g/mol. The molecule has 6 rings (SSSR count). The number of unbranched alkanes of at least 4 members (excludes halogenated alkanes) is 2. The van der Waals surface area contributed by atoms with Gasteiger partial charge in [-0.3, -0.25) is 4.90 Å². The molecule has 2 aliphatic rings. The minimum absolute atomic E-state index is 0.00855. The van der Waals surface area contributed by atoms with Crippen LogP contribution in [0.3, 0.4) is 0 Å². The summed E-state index contributed by atoms with van der Waals surface area (Å²) in [7, 11) is -3.31. The van der Waals surface area contributed by atoms with Crippen molar-refractivity contribution in [3.8, 4) is 5.75 Å². The molecule has 0 radical (unpaired) electrons. The maximum Gasteiger partial charge on any atom is 0.329 e. The van der Waals surface area contributed by atoms with E-state index in [-0.39, 0.29) is 31.1 Å². The van der Waals surface area contributed by atoms with Gasteiger partial charge in [0.2, 0.25) is 0 Å². The van der Waals surface area contributed by atoms with E-state index in [0.29, 0.717) is 32.1 Å². The molecule has 0 bridgehead atoms. The Morgan fingerprint density at radius 2 is 1.45 bits per heavy atom. The molecule has 0 fully saturated rings. The Hall–Kier alpha value is -4.29. The van der Waals surface area contributed by atoms with E-state index in [1.165, 1.54) is 0 Å². The summed E-state index contributed by atoms with van der Waals surface area (Å²) in [5, 5.41) is 9.93. The molecule has 298 valence electrons. The number of hydrogen-bond donors (Lipinski definition) is 1. The second-order valence-electron chi connectivity index (χ2n) is 15.9. The maximum absolute atomic E-state index is 16.8. The molecule has 1 heterocycles. The molecule has 11 heteroatoms. The van der Waals surface area contributed by atoms with Gasteiger partial charge in [-0.25, -0.2) is 22.4 Å². The number of halogens is 4. The normalized spacial score (nSPS) is 17.5. The first-order valence-corrected chi connectivity index (χ1v) is 21.2. The van der Waals surface area contributed by atoms with Crippen molar-refractivity contribution in [1.82, 2.24) is 4.90 Å². The number of hydrogen-bond acceptors (Lipinski definition) is 5. The van der Waals surface area contributed by atoms with Crippen LogP contribution < -0.4 is 15.1 Å². The number of nitrogens with zero attached hydrogens (tertiary/aromatic N) is 1. The van der Waals surface area contributed by atoms with E-state index in [1.807, 2.05) is 113 Å². The van der Waals surface area contributed by atoms with Gasteiger partial charge in [0, 0.05) is 30.3 Å². The van der Waals surface area contributed by atoms with Gasteiger partial charge < -0.3 is 19.0 Å². The number of benzene rings is 4. The van der Waals surface area contributed by atoms with Crippen molar-refractivity contribution < 1.29 is 41.4 Å². The smallest absolute Gasteiger partial charge is 0.329 e. The van der Waals surface area contributed by atoms with E-state index in [9.17, 15) is 4.79 Å². The first-order valence-electron chi connectivity index (χ1n) is 19.3. The molecule has 2 atom stereocenters. The van der Waals surface area contributed by atoms with Crippen LogP contribution in [-0.4, -0.2) is 69.2 Å². The minimum Gasteiger partial charge on any atom is -0.493 e. The first kappa shape index (κ1) is 41.3. The van der Waals surface area contributed by atoms with Crippen LogP contribution in [0, 0.1) is 11.6 Å². The Balaban J connectivity index is 1.28. The highest BCUT2D eigenvalue weighted by Crippen LogP contribution is 2.50. The van der Waals surface area contributed by atoms with E-state index in [2.05, 4.69) is 0 Å². The lowest BCUT2D eigenvalue weighted by Crippen LogP contribution is -2.67. The SMILES string of the molecule is C[C@@H]1CC2=C(Cc3ccccc32)[C@@H](c2c(F)cc(OCCCCCOCC(=O)O)cc2F)N1CC(F)(F)CO[Si](c1ccccc1)(c1ccccc1)C(C)(C)C. The average molecular weight is 790 g/mol. The van der Waals surface area contributed by atoms with Gasteiger partial charge >= 0.3 is 5.97 Å². The summed E-state index contributed by atoms with van der Waals surface area (Å²) in [6.07, 6.45) is 2.70. The minimum atomic E-state index is -3.39. The van der Waals surface area contributed by atoms with Crippen LogP contribution in [0.5, 0.6) is 5.75 Å². The number of alkyl halides is 2. The van der Waals surface area contributed by atoms with Gasteiger partial charge in [0.05, 0.1) is 25.8 Å². The predicted molar refractivity (Wildman–Crippen MR) is 213 cm³/mol. The van der Waals surface area contributed by atoms with Crippen molar-refractivity contribution >= 4 is 30.2 Å². The standard InChI is InChI=1S/C45H51F4NO5Si/c1-31-24-37-36-21-13-12-16-32(36)25-38(37)43(42-39(46)26-33(27-40(42)47)54-23-15-7-14-22-53-28-41(51)52)50(31)29-45(48,49)30-55-56(44(2,3)4,34-17-8-5-9-18-34)35-19-10-6-11-20-35/h5-6,8-13,16-21,26-27,31,43H,7,14-15,22-25,28-30H2,1-4H3,(H,51,52)/t31-,43+/m1/s1. The number of carbonyl (C=O) groups is 1. The van der Waals surface area contributed by atoms with E-state index in [4.69, 9.17) is 19.0 Å². The average Bonchev–Trinajstić information content (AvgIpc) is 3.52. The highest BCUT2D eigenvalue weighted by Gasteiger charge is 2.53. The zero-order valence-corrected chi connectivity index (χ0v) is 33.5. The third kappa shape index (κ3) is 8.96. The largest absolute Gasteiger partial charge is 0.493 e. The van der Waals surface area contributed by atoms with E-state index in [1.54, 1.807) is 4.90 Å². The summed E-state index contributed by atoms with van der Waals surface area (Å²) < 4.78 is 83.8. The van der Waals surface area contributed by atoms with Crippen LogP contribution in [0.15, 0.2) is 103 Å². The number of carboxylic acid groups (broad SMARTS) is 1. The lowest BCUT2D eigenvalue weighted by molar-refractivity contribution is -0.142. The van der Waals surface area contributed by atoms with Gasteiger partial charge in [-0.15, -0.1) is 0 Å². The number of fused-ring (bicyclic) bond motifs is 2. The molecule has 0 amide bonds. The molecule has 4 aromatic carbocycles.